The van der Waals surface area contributed by atoms with Crippen molar-refractivity contribution in [2.24, 2.45) is 0 Å². The monoisotopic (exact) mass is 416 g/mol. The van der Waals surface area contributed by atoms with Crippen molar-refractivity contribution in [1.29, 1.82) is 0 Å². The summed E-state index contributed by atoms with van der Waals surface area (Å²) in [4.78, 5) is 26.3. The molecule has 0 fully saturated rings. The highest BCUT2D eigenvalue weighted by molar-refractivity contribution is 5.91. The molecule has 3 aromatic carbocycles. The van der Waals surface area contributed by atoms with E-state index in [1.807, 2.05) is 106 Å². The second kappa shape index (κ2) is 10.5. The molecule has 0 aliphatic rings. The van der Waals surface area contributed by atoms with Gasteiger partial charge in [-0.15, -0.1) is 0 Å². The fraction of sp³-hybridized carbons (Fsp3) is 0.231. The molecule has 5 nitrogen and oxygen atoms in total. The van der Waals surface area contributed by atoms with E-state index in [4.69, 9.17) is 0 Å². The van der Waals surface area contributed by atoms with Crippen molar-refractivity contribution in [2.75, 3.05) is 18.9 Å². The minimum Gasteiger partial charge on any atom is -0.340 e. The van der Waals surface area contributed by atoms with Crippen molar-refractivity contribution in [1.82, 2.24) is 5.32 Å². The molecule has 0 saturated carbocycles. The van der Waals surface area contributed by atoms with Crippen LogP contribution in [0.1, 0.15) is 29.7 Å². The highest BCUT2D eigenvalue weighted by atomic mass is 16.2. The molecule has 2 atom stereocenters. The van der Waals surface area contributed by atoms with Crippen molar-refractivity contribution in [2.45, 2.75) is 25.9 Å². The lowest BCUT2D eigenvalue weighted by Gasteiger charge is -2.25. The number of carbonyl (C=O) groups is 2. The van der Waals surface area contributed by atoms with Gasteiger partial charge in [0.25, 0.3) is 11.8 Å². The van der Waals surface area contributed by atoms with Gasteiger partial charge in [0, 0.05) is 5.69 Å². The number of quaternary nitrogens is 1. The minimum absolute atomic E-state index is 0.0988. The van der Waals surface area contributed by atoms with Crippen molar-refractivity contribution in [3.8, 4) is 0 Å². The Bertz CT molecular complexity index is 949. The maximum Gasteiger partial charge on any atom is 0.279 e. The second-order valence-electron chi connectivity index (χ2n) is 7.92. The maximum absolute atomic E-state index is 13.1. The van der Waals surface area contributed by atoms with Gasteiger partial charge in [0.15, 0.2) is 12.6 Å². The Morgan fingerprint density at radius 1 is 0.839 bits per heavy atom. The van der Waals surface area contributed by atoms with Crippen molar-refractivity contribution in [3.05, 3.63) is 102 Å². The fourth-order valence-corrected chi connectivity index (χ4v) is 3.39. The smallest absolute Gasteiger partial charge is 0.279 e. The lowest BCUT2D eigenvalue weighted by Crippen LogP contribution is -3.15. The number of amides is 2. The zero-order valence-electron chi connectivity index (χ0n) is 18.3. The molecular formula is C26H30N3O2+. The van der Waals surface area contributed by atoms with Gasteiger partial charge in [0.05, 0.1) is 13.1 Å². The van der Waals surface area contributed by atoms with Gasteiger partial charge in [-0.3, -0.25) is 9.59 Å². The van der Waals surface area contributed by atoms with Crippen molar-refractivity contribution >= 4 is 17.5 Å². The topological polar surface area (TPSA) is 62.6 Å². The van der Waals surface area contributed by atoms with Crippen LogP contribution in [-0.4, -0.2) is 31.4 Å². The summed E-state index contributed by atoms with van der Waals surface area (Å²) in [6.45, 7) is 4.04. The third kappa shape index (κ3) is 6.27. The number of anilines is 1. The minimum atomic E-state index is -0.390. The van der Waals surface area contributed by atoms with Crippen LogP contribution >= 0.6 is 0 Å². The summed E-state index contributed by atoms with van der Waals surface area (Å²) in [7, 11) is 1.86. The molecule has 3 rings (SSSR count). The average molecular weight is 417 g/mol. The molecule has 0 spiro atoms. The Kier molecular flexibility index (Phi) is 7.57. The predicted molar refractivity (Wildman–Crippen MR) is 124 cm³/mol. The Hall–Kier alpha value is -3.44. The largest absolute Gasteiger partial charge is 0.340 e. The average Bonchev–Trinajstić information content (AvgIpc) is 2.79. The van der Waals surface area contributed by atoms with Crippen LogP contribution in [0.4, 0.5) is 5.69 Å². The van der Waals surface area contributed by atoms with Crippen LogP contribution in [0.25, 0.3) is 0 Å². The molecule has 0 aliphatic heterocycles. The van der Waals surface area contributed by atoms with Crippen LogP contribution in [0.2, 0.25) is 0 Å². The Labute approximate surface area is 184 Å². The summed E-state index contributed by atoms with van der Waals surface area (Å²) in [5.74, 6) is -0.220. The molecule has 31 heavy (non-hydrogen) atoms. The highest BCUT2D eigenvalue weighted by Gasteiger charge is 2.27. The SMILES string of the molecule is Cc1ccc(NC(=O)C[NH+](C)[C@H](C)C(=O)NC(c2ccccc2)c2ccccc2)cc1. The standard InChI is InChI=1S/C26H29N3O2/c1-19-14-16-23(17-15-19)27-24(30)18-29(3)20(2)26(31)28-25(21-10-6-4-7-11-21)22-12-8-5-9-13-22/h4-17,20,25H,18H2,1-3H3,(H,27,30)(H,28,31)/p+1/t20-/m1/s1. The van der Waals surface area contributed by atoms with Crippen molar-refractivity contribution < 1.29 is 14.5 Å². The normalized spacial score (nSPS) is 12.8. The van der Waals surface area contributed by atoms with E-state index in [-0.39, 0.29) is 24.4 Å². The van der Waals surface area contributed by atoms with Crippen LogP contribution in [0.15, 0.2) is 84.9 Å². The summed E-state index contributed by atoms with van der Waals surface area (Å²) in [6.07, 6.45) is 0. The van der Waals surface area contributed by atoms with Gasteiger partial charge < -0.3 is 15.5 Å². The van der Waals surface area contributed by atoms with E-state index in [1.165, 1.54) is 0 Å². The first-order chi connectivity index (χ1) is 14.9. The molecule has 0 radical (unpaired) electrons. The Balaban J connectivity index is 1.64. The first-order valence-corrected chi connectivity index (χ1v) is 10.5. The third-order valence-corrected chi connectivity index (χ3v) is 5.46. The number of benzene rings is 3. The lowest BCUT2D eigenvalue weighted by atomic mass is 9.98. The van der Waals surface area contributed by atoms with Gasteiger partial charge in [0.2, 0.25) is 0 Å². The maximum atomic E-state index is 13.1. The first-order valence-electron chi connectivity index (χ1n) is 10.5. The molecule has 0 heterocycles. The number of likely N-dealkylation sites (N-methyl/N-ethyl adjacent to an activating group) is 1. The first kappa shape index (κ1) is 22.2. The molecule has 0 bridgehead atoms. The van der Waals surface area contributed by atoms with Crippen LogP contribution in [-0.2, 0) is 9.59 Å². The lowest BCUT2D eigenvalue weighted by molar-refractivity contribution is -0.885. The predicted octanol–water partition coefficient (Wildman–Crippen LogP) is 2.74. The van der Waals surface area contributed by atoms with Crippen LogP contribution < -0.4 is 15.5 Å². The zero-order valence-corrected chi connectivity index (χ0v) is 18.3. The molecule has 5 heteroatoms. The number of hydrogen-bond donors (Lipinski definition) is 3. The number of rotatable bonds is 8. The molecule has 160 valence electrons. The molecule has 1 unspecified atom stereocenters. The molecule has 3 N–H and O–H groups in total. The molecule has 3 aromatic rings. The third-order valence-electron chi connectivity index (χ3n) is 5.46. The molecule has 0 saturated heterocycles. The van der Waals surface area contributed by atoms with E-state index >= 15 is 0 Å². The Morgan fingerprint density at radius 2 is 1.35 bits per heavy atom. The van der Waals surface area contributed by atoms with E-state index in [0.29, 0.717) is 0 Å². The van der Waals surface area contributed by atoms with E-state index in [2.05, 4.69) is 10.6 Å². The summed E-state index contributed by atoms with van der Waals surface area (Å²) in [5, 5.41) is 6.06. The van der Waals surface area contributed by atoms with Gasteiger partial charge in [0.1, 0.15) is 0 Å². The van der Waals surface area contributed by atoms with Crippen LogP contribution in [0.3, 0.4) is 0 Å². The van der Waals surface area contributed by atoms with E-state index < -0.39 is 6.04 Å². The quantitative estimate of drug-likeness (QED) is 0.529. The van der Waals surface area contributed by atoms with Crippen LogP contribution in [0.5, 0.6) is 0 Å². The van der Waals surface area contributed by atoms with E-state index in [9.17, 15) is 9.59 Å². The highest BCUT2D eigenvalue weighted by Crippen LogP contribution is 2.21. The number of nitrogens with one attached hydrogen (secondary N) is 3. The summed E-state index contributed by atoms with van der Waals surface area (Å²) < 4.78 is 0. The number of aryl methyl sites for hydroxylation is 1. The van der Waals surface area contributed by atoms with Crippen molar-refractivity contribution in [3.63, 3.8) is 0 Å². The van der Waals surface area contributed by atoms with Gasteiger partial charge in [-0.05, 0) is 37.1 Å². The Morgan fingerprint density at radius 3 is 1.87 bits per heavy atom. The second-order valence-corrected chi connectivity index (χ2v) is 7.92. The van der Waals surface area contributed by atoms with Gasteiger partial charge in [-0.1, -0.05) is 78.4 Å². The summed E-state index contributed by atoms with van der Waals surface area (Å²) in [5.41, 5.74) is 3.93. The molecule has 0 aromatic heterocycles. The van der Waals surface area contributed by atoms with Gasteiger partial charge >= 0.3 is 0 Å². The van der Waals surface area contributed by atoms with Crippen LogP contribution in [0, 0.1) is 6.92 Å². The zero-order chi connectivity index (χ0) is 22.2. The molecular weight excluding hydrogens is 386 g/mol. The van der Waals surface area contributed by atoms with Gasteiger partial charge in [-0.2, -0.15) is 0 Å². The fourth-order valence-electron chi connectivity index (χ4n) is 3.39. The van der Waals surface area contributed by atoms with E-state index in [0.717, 1.165) is 27.3 Å². The number of carbonyl (C=O) groups excluding carboxylic acids is 2. The van der Waals surface area contributed by atoms with E-state index in [1.54, 1.807) is 0 Å². The molecule has 2 amide bonds. The summed E-state index contributed by atoms with van der Waals surface area (Å²) in [6, 6.07) is 26.8. The number of hydrogen-bond acceptors (Lipinski definition) is 2. The molecule has 0 aliphatic carbocycles. The summed E-state index contributed by atoms with van der Waals surface area (Å²) >= 11 is 0. The van der Waals surface area contributed by atoms with Gasteiger partial charge in [-0.25, -0.2) is 0 Å².